The van der Waals surface area contributed by atoms with Crippen molar-refractivity contribution in [1.29, 1.82) is 0 Å². The third-order valence-electron chi connectivity index (χ3n) is 2.28. The van der Waals surface area contributed by atoms with Crippen LogP contribution in [0.25, 0.3) is 0 Å². The van der Waals surface area contributed by atoms with E-state index in [2.05, 4.69) is 0 Å². The van der Waals surface area contributed by atoms with E-state index >= 15 is 0 Å². The molecule has 0 fully saturated rings. The maximum absolute atomic E-state index is 13.5. The van der Waals surface area contributed by atoms with E-state index in [9.17, 15) is 17.6 Å². The van der Waals surface area contributed by atoms with Gasteiger partial charge in [-0.05, 0) is 25.5 Å². The lowest BCUT2D eigenvalue weighted by atomic mass is 10.2. The quantitative estimate of drug-likeness (QED) is 0.840. The smallest absolute Gasteiger partial charge is 0.321 e. The van der Waals surface area contributed by atoms with Crippen molar-refractivity contribution in [2.24, 2.45) is 0 Å². The maximum atomic E-state index is 13.5. The van der Waals surface area contributed by atoms with Crippen LogP contribution in [0.2, 0.25) is 0 Å². The number of aryl methyl sites for hydroxylation is 1. The van der Waals surface area contributed by atoms with Crippen molar-refractivity contribution in [2.75, 3.05) is 0 Å². The normalized spacial score (nSPS) is 13.3. The molecule has 1 aromatic rings. The van der Waals surface area contributed by atoms with Crippen molar-refractivity contribution >= 4 is 16.0 Å². The number of hydrogen-bond donors (Lipinski definition) is 2. The molecular formula is C11H14FNO4S. The minimum atomic E-state index is -3.89. The lowest BCUT2D eigenvalue weighted by molar-refractivity contribution is -0.138. The molecule has 0 radical (unpaired) electrons. The summed E-state index contributed by atoms with van der Waals surface area (Å²) in [5.41, 5.74) is 0.686. The first-order chi connectivity index (χ1) is 8.21. The number of halogens is 1. The Labute approximate surface area is 105 Å². The molecule has 0 aromatic heterocycles. The summed E-state index contributed by atoms with van der Waals surface area (Å²) >= 11 is 0. The molecule has 0 aliphatic heterocycles. The van der Waals surface area contributed by atoms with Gasteiger partial charge >= 0.3 is 5.97 Å². The maximum Gasteiger partial charge on any atom is 0.321 e. The number of nitrogens with one attached hydrogen (secondary N) is 1. The van der Waals surface area contributed by atoms with Crippen molar-refractivity contribution in [3.8, 4) is 0 Å². The van der Waals surface area contributed by atoms with E-state index in [-0.39, 0.29) is 5.56 Å². The molecule has 0 spiro atoms. The summed E-state index contributed by atoms with van der Waals surface area (Å²) in [6.07, 6.45) is 0. The van der Waals surface area contributed by atoms with Crippen molar-refractivity contribution < 1.29 is 22.7 Å². The Kier molecular flexibility index (Phi) is 4.42. The molecule has 5 nitrogen and oxygen atoms in total. The number of sulfonamides is 1. The van der Waals surface area contributed by atoms with E-state index < -0.39 is 33.6 Å². The van der Waals surface area contributed by atoms with Crippen LogP contribution in [0.4, 0.5) is 4.39 Å². The van der Waals surface area contributed by atoms with Gasteiger partial charge in [-0.15, -0.1) is 0 Å². The Hall–Kier alpha value is -1.47. The summed E-state index contributed by atoms with van der Waals surface area (Å²) in [6, 6.07) is 2.94. The number of carbonyl (C=O) groups is 1. The molecule has 0 heterocycles. The second kappa shape index (κ2) is 5.45. The third-order valence-corrected chi connectivity index (χ3v) is 3.68. The molecule has 100 valence electrons. The van der Waals surface area contributed by atoms with E-state index in [0.29, 0.717) is 5.56 Å². The van der Waals surface area contributed by atoms with Gasteiger partial charge in [0.05, 0.1) is 5.75 Å². The van der Waals surface area contributed by atoms with Gasteiger partial charge in [0, 0.05) is 5.56 Å². The predicted molar refractivity (Wildman–Crippen MR) is 64.0 cm³/mol. The molecule has 1 aromatic carbocycles. The molecule has 2 N–H and O–H groups in total. The van der Waals surface area contributed by atoms with E-state index in [4.69, 9.17) is 5.11 Å². The molecule has 0 amide bonds. The number of carboxylic acids is 1. The molecule has 0 saturated carbocycles. The topological polar surface area (TPSA) is 83.5 Å². The molecule has 18 heavy (non-hydrogen) atoms. The zero-order chi connectivity index (χ0) is 13.9. The predicted octanol–water partition coefficient (Wildman–Crippen LogP) is 1.03. The van der Waals surface area contributed by atoms with Crippen molar-refractivity contribution in [1.82, 2.24) is 4.72 Å². The lowest BCUT2D eigenvalue weighted by Crippen LogP contribution is -2.39. The largest absolute Gasteiger partial charge is 0.480 e. The highest BCUT2D eigenvalue weighted by Gasteiger charge is 2.21. The molecule has 1 atom stereocenters. The number of rotatable bonds is 5. The first-order valence-corrected chi connectivity index (χ1v) is 6.84. The lowest BCUT2D eigenvalue weighted by Gasteiger charge is -2.10. The fourth-order valence-electron chi connectivity index (χ4n) is 1.34. The summed E-state index contributed by atoms with van der Waals surface area (Å²) in [4.78, 5) is 10.5. The van der Waals surface area contributed by atoms with Crippen molar-refractivity contribution in [3.05, 3.63) is 35.1 Å². The van der Waals surface area contributed by atoms with Gasteiger partial charge in [0.2, 0.25) is 10.0 Å². The van der Waals surface area contributed by atoms with Gasteiger partial charge < -0.3 is 5.11 Å². The van der Waals surface area contributed by atoms with Gasteiger partial charge in [-0.1, -0.05) is 12.1 Å². The zero-order valence-corrected chi connectivity index (χ0v) is 10.8. The summed E-state index contributed by atoms with van der Waals surface area (Å²) in [5.74, 6) is -2.50. The van der Waals surface area contributed by atoms with Crippen LogP contribution in [0.5, 0.6) is 0 Å². The minimum absolute atomic E-state index is 0.00527. The number of carboxylic acid groups (broad SMARTS) is 1. The fraction of sp³-hybridized carbons (Fsp3) is 0.364. The van der Waals surface area contributed by atoms with Gasteiger partial charge in [-0.3, -0.25) is 4.79 Å². The fourth-order valence-corrected chi connectivity index (χ4v) is 2.70. The van der Waals surface area contributed by atoms with Crippen LogP contribution in [-0.4, -0.2) is 25.5 Å². The van der Waals surface area contributed by atoms with E-state index in [1.54, 1.807) is 13.0 Å². The second-order valence-electron chi connectivity index (χ2n) is 4.03. The van der Waals surface area contributed by atoms with Gasteiger partial charge in [0.25, 0.3) is 0 Å². The average molecular weight is 275 g/mol. The van der Waals surface area contributed by atoms with Crippen LogP contribution in [0.3, 0.4) is 0 Å². The summed E-state index contributed by atoms with van der Waals surface area (Å²) in [5, 5.41) is 8.60. The van der Waals surface area contributed by atoms with Gasteiger partial charge in [-0.2, -0.15) is 0 Å². The highest BCUT2D eigenvalue weighted by atomic mass is 32.2. The highest BCUT2D eigenvalue weighted by Crippen LogP contribution is 2.12. The van der Waals surface area contributed by atoms with Crippen molar-refractivity contribution in [3.63, 3.8) is 0 Å². The Morgan fingerprint density at radius 2 is 2.11 bits per heavy atom. The summed E-state index contributed by atoms with van der Waals surface area (Å²) < 4.78 is 38.6. The number of benzene rings is 1. The van der Waals surface area contributed by atoms with E-state index in [1.165, 1.54) is 19.1 Å². The van der Waals surface area contributed by atoms with Crippen LogP contribution in [0.15, 0.2) is 18.2 Å². The highest BCUT2D eigenvalue weighted by molar-refractivity contribution is 7.88. The Morgan fingerprint density at radius 1 is 1.50 bits per heavy atom. The molecule has 7 heteroatoms. The Balaban J connectivity index is 2.86. The van der Waals surface area contributed by atoms with E-state index in [1.807, 2.05) is 4.72 Å². The first kappa shape index (κ1) is 14.6. The monoisotopic (exact) mass is 275 g/mol. The summed E-state index contributed by atoms with van der Waals surface area (Å²) in [7, 11) is -3.89. The summed E-state index contributed by atoms with van der Waals surface area (Å²) in [6.45, 7) is 2.89. The SMILES string of the molecule is Cc1ccc(CS(=O)(=O)N[C@@H](C)C(=O)O)c(F)c1. The zero-order valence-electron chi connectivity index (χ0n) is 9.97. The minimum Gasteiger partial charge on any atom is -0.480 e. The van der Waals surface area contributed by atoms with Crippen LogP contribution in [-0.2, 0) is 20.6 Å². The van der Waals surface area contributed by atoms with Crippen LogP contribution < -0.4 is 4.72 Å². The number of aliphatic carboxylic acids is 1. The molecular weight excluding hydrogens is 261 g/mol. The molecule has 0 bridgehead atoms. The number of hydrogen-bond acceptors (Lipinski definition) is 3. The molecule has 0 aliphatic rings. The molecule has 0 aliphatic carbocycles. The average Bonchev–Trinajstić information content (AvgIpc) is 2.21. The first-order valence-electron chi connectivity index (χ1n) is 5.19. The van der Waals surface area contributed by atoms with Crippen LogP contribution in [0.1, 0.15) is 18.1 Å². The molecule has 0 saturated heterocycles. The Morgan fingerprint density at radius 3 is 2.61 bits per heavy atom. The Bertz CT molecular complexity index is 556. The standard InChI is InChI=1S/C11H14FNO4S/c1-7-3-4-9(10(12)5-7)6-18(16,17)13-8(2)11(14)15/h3-5,8,13H,6H2,1-2H3,(H,14,15)/t8-/m0/s1. The van der Waals surface area contributed by atoms with Gasteiger partial charge in [-0.25, -0.2) is 17.5 Å². The molecule has 0 unspecified atom stereocenters. The van der Waals surface area contributed by atoms with Crippen molar-refractivity contribution in [2.45, 2.75) is 25.6 Å². The van der Waals surface area contributed by atoms with Gasteiger partial charge in [0.1, 0.15) is 11.9 Å². The van der Waals surface area contributed by atoms with Gasteiger partial charge in [0.15, 0.2) is 0 Å². The second-order valence-corrected chi connectivity index (χ2v) is 5.79. The van der Waals surface area contributed by atoms with Crippen LogP contribution >= 0.6 is 0 Å². The van der Waals surface area contributed by atoms with E-state index in [0.717, 1.165) is 0 Å². The van der Waals surface area contributed by atoms with Crippen LogP contribution in [0, 0.1) is 12.7 Å². The third kappa shape index (κ3) is 4.08. The molecule has 1 rings (SSSR count).